The summed E-state index contributed by atoms with van der Waals surface area (Å²) in [6.45, 7) is 0. The number of hydrogen-bond acceptors (Lipinski definition) is 1. The summed E-state index contributed by atoms with van der Waals surface area (Å²) in [5.41, 5.74) is 6.23. The van der Waals surface area contributed by atoms with E-state index in [1.807, 2.05) is 18.2 Å². The number of nitrogen functional groups attached to an aromatic ring is 1. The molecule has 2 N–H and O–H groups in total. The Balaban J connectivity index is 0.000000640. The second kappa shape index (κ2) is 4.20. The number of benzene rings is 1. The summed E-state index contributed by atoms with van der Waals surface area (Å²) in [6.07, 6.45) is 0. The van der Waals surface area contributed by atoms with E-state index in [-0.39, 0.29) is 18.6 Å². The van der Waals surface area contributed by atoms with Crippen LogP contribution in [0.3, 0.4) is 0 Å². The molecule has 1 aromatic rings. The van der Waals surface area contributed by atoms with E-state index in [1.165, 1.54) is 0 Å². The Labute approximate surface area is 80.0 Å². The van der Waals surface area contributed by atoms with Gasteiger partial charge in [0, 0.05) is 18.6 Å². The van der Waals surface area contributed by atoms with Gasteiger partial charge in [0.2, 0.25) is 0 Å². The molecule has 0 saturated heterocycles. The minimum Gasteiger partial charge on any atom is -0.419 e. The molecule has 0 heterocycles. The molecule has 9 heavy (non-hydrogen) atoms. The molecular weight excluding hydrogens is 264 g/mol. The second-order valence-electron chi connectivity index (χ2n) is 1.47. The van der Waals surface area contributed by atoms with Crippen LogP contribution in [-0.4, -0.2) is 0 Å². The third kappa shape index (κ3) is 3.13. The zero-order chi connectivity index (χ0) is 5.98. The molecule has 0 aliphatic heterocycles. The molecule has 1 rings (SSSR count). The van der Waals surface area contributed by atoms with Crippen LogP contribution in [-0.2, 0) is 18.6 Å². The molecule has 0 unspecified atom stereocenters. The molecule has 0 spiro atoms. The maximum Gasteiger partial charge on any atom is 0 e. The molecule has 0 atom stereocenters. The van der Waals surface area contributed by atoms with Gasteiger partial charge in [-0.15, -0.1) is 12.1 Å². The van der Waals surface area contributed by atoms with Crippen LogP contribution < -0.4 is 5.73 Å². The first-order valence-electron chi connectivity index (χ1n) is 2.22. The first kappa shape index (κ1) is 9.33. The summed E-state index contributed by atoms with van der Waals surface area (Å²) in [7, 11) is 0. The first-order valence-corrected chi connectivity index (χ1v) is 3.29. The van der Waals surface area contributed by atoms with Gasteiger partial charge in [0.1, 0.15) is 0 Å². The van der Waals surface area contributed by atoms with Crippen molar-refractivity contribution in [1.82, 2.24) is 0 Å². The number of anilines is 1. The smallest absolute Gasteiger partial charge is 0 e. The summed E-state index contributed by atoms with van der Waals surface area (Å²) in [5.74, 6) is 0. The molecule has 1 nitrogen and oxygen atoms in total. The van der Waals surface area contributed by atoms with Crippen molar-refractivity contribution in [2.24, 2.45) is 0 Å². The molecule has 0 aromatic heterocycles. The molecule has 47 valence electrons. The Morgan fingerprint density at radius 1 is 1.56 bits per heavy atom. The van der Waals surface area contributed by atoms with E-state index >= 15 is 0 Å². The van der Waals surface area contributed by atoms with Crippen molar-refractivity contribution in [2.45, 2.75) is 0 Å². The van der Waals surface area contributed by atoms with E-state index in [2.05, 4.69) is 28.7 Å². The topological polar surface area (TPSA) is 26.0 Å². The normalized spacial score (nSPS) is 8.11. The van der Waals surface area contributed by atoms with Crippen LogP contribution in [0.1, 0.15) is 0 Å². The van der Waals surface area contributed by atoms with Crippen molar-refractivity contribution in [2.75, 3.05) is 5.73 Å². The average Bonchev–Trinajstić information content (AvgIpc) is 1.64. The third-order valence-electron chi connectivity index (χ3n) is 0.790. The van der Waals surface area contributed by atoms with Gasteiger partial charge in [-0.2, -0.15) is 12.1 Å². The summed E-state index contributed by atoms with van der Waals surface area (Å²) in [5, 5.41) is 0. The number of halogens is 1. The van der Waals surface area contributed by atoms with Crippen molar-refractivity contribution in [3.8, 4) is 0 Å². The molecule has 0 amide bonds. The van der Waals surface area contributed by atoms with Crippen LogP contribution in [0.2, 0.25) is 0 Å². The Bertz CT molecular complexity index is 173. The molecule has 0 aliphatic rings. The average molecular weight is 269 g/mol. The van der Waals surface area contributed by atoms with Crippen LogP contribution >= 0.6 is 22.6 Å². The molecule has 0 aliphatic carbocycles. The maximum absolute atomic E-state index is 5.43. The van der Waals surface area contributed by atoms with Gasteiger partial charge < -0.3 is 5.73 Å². The van der Waals surface area contributed by atoms with Crippen LogP contribution in [0.4, 0.5) is 5.69 Å². The van der Waals surface area contributed by atoms with Crippen LogP contribution in [0.5, 0.6) is 0 Å². The third-order valence-corrected chi connectivity index (χ3v) is 1.41. The van der Waals surface area contributed by atoms with E-state index < -0.39 is 0 Å². The van der Waals surface area contributed by atoms with Crippen molar-refractivity contribution >= 4 is 28.3 Å². The molecule has 3 heteroatoms. The predicted octanol–water partition coefficient (Wildman–Crippen LogP) is 1.67. The van der Waals surface area contributed by atoms with Crippen molar-refractivity contribution in [3.63, 3.8) is 0 Å². The van der Waals surface area contributed by atoms with E-state index in [0.717, 1.165) is 9.26 Å². The largest absolute Gasteiger partial charge is 0.419 e. The van der Waals surface area contributed by atoms with Gasteiger partial charge in [0.15, 0.2) is 0 Å². The molecule has 0 saturated carbocycles. The summed E-state index contributed by atoms with van der Waals surface area (Å²) in [6, 6.07) is 8.49. The molecule has 1 radical (unpaired) electrons. The van der Waals surface area contributed by atoms with Crippen LogP contribution in [0.25, 0.3) is 0 Å². The number of rotatable bonds is 0. The fourth-order valence-corrected chi connectivity index (χ4v) is 0.993. The van der Waals surface area contributed by atoms with Gasteiger partial charge in [-0.25, -0.2) is 0 Å². The van der Waals surface area contributed by atoms with Crippen molar-refractivity contribution < 1.29 is 18.6 Å². The Kier molecular flexibility index (Phi) is 4.35. The van der Waals surface area contributed by atoms with Gasteiger partial charge in [-0.1, -0.05) is 31.8 Å². The minimum atomic E-state index is 0. The molecule has 0 fully saturated rings. The maximum atomic E-state index is 5.43. The zero-order valence-electron chi connectivity index (χ0n) is 4.63. The Hall–Kier alpha value is 0.334. The standard InChI is InChI=1S/C6H5IN.V/c7-5-2-1-3-6(8)4-5;/h1,3-4H,8H2;/q-1;. The van der Waals surface area contributed by atoms with Crippen molar-refractivity contribution in [1.29, 1.82) is 0 Å². The predicted molar refractivity (Wildman–Crippen MR) is 42.4 cm³/mol. The van der Waals surface area contributed by atoms with Gasteiger partial charge in [0.05, 0.1) is 0 Å². The van der Waals surface area contributed by atoms with Crippen LogP contribution in [0, 0.1) is 9.64 Å². The monoisotopic (exact) mass is 269 g/mol. The van der Waals surface area contributed by atoms with E-state index in [1.54, 1.807) is 0 Å². The SMILES string of the molecule is Nc1cc[c-]c(I)c1.[V]. The fraction of sp³-hybridized carbons (Fsp3) is 0. The van der Waals surface area contributed by atoms with E-state index in [9.17, 15) is 0 Å². The van der Waals surface area contributed by atoms with Gasteiger partial charge >= 0.3 is 0 Å². The van der Waals surface area contributed by atoms with Gasteiger partial charge in [-0.3, -0.25) is 0 Å². The summed E-state index contributed by atoms with van der Waals surface area (Å²) in [4.78, 5) is 0. The minimum absolute atomic E-state index is 0. The van der Waals surface area contributed by atoms with E-state index in [4.69, 9.17) is 5.73 Å². The first-order chi connectivity index (χ1) is 3.79. The summed E-state index contributed by atoms with van der Waals surface area (Å²) < 4.78 is 1.06. The summed E-state index contributed by atoms with van der Waals surface area (Å²) >= 11 is 2.17. The zero-order valence-corrected chi connectivity index (χ0v) is 8.19. The quantitative estimate of drug-likeness (QED) is 0.432. The Morgan fingerprint density at radius 3 is 2.56 bits per heavy atom. The van der Waals surface area contributed by atoms with Gasteiger partial charge in [-0.05, 0) is 0 Å². The van der Waals surface area contributed by atoms with Crippen LogP contribution in [0.15, 0.2) is 18.2 Å². The Morgan fingerprint density at radius 2 is 2.22 bits per heavy atom. The molecule has 0 bridgehead atoms. The number of nitrogens with two attached hydrogens (primary N) is 1. The fourth-order valence-electron chi connectivity index (χ4n) is 0.454. The van der Waals surface area contributed by atoms with Crippen molar-refractivity contribution in [3.05, 3.63) is 27.8 Å². The number of hydrogen-bond donors (Lipinski definition) is 1. The molecule has 1 aromatic carbocycles. The van der Waals surface area contributed by atoms with E-state index in [0.29, 0.717) is 0 Å². The molecular formula is C6H5INV-. The van der Waals surface area contributed by atoms with Gasteiger partial charge in [0.25, 0.3) is 0 Å². The second-order valence-corrected chi connectivity index (χ2v) is 2.63.